The zero-order chi connectivity index (χ0) is 14.4. The lowest BCUT2D eigenvalue weighted by atomic mass is 9.82. The van der Waals surface area contributed by atoms with Gasteiger partial charge in [0.15, 0.2) is 5.78 Å². The zero-order valence-corrected chi connectivity index (χ0v) is 13.3. The third-order valence-corrected chi connectivity index (χ3v) is 5.26. The molecule has 0 N–H and O–H groups in total. The van der Waals surface area contributed by atoms with Gasteiger partial charge in [0.1, 0.15) is 0 Å². The largest absolute Gasteiger partial charge is 0.378 e. The average molecular weight is 281 g/mol. The van der Waals surface area contributed by atoms with Crippen LogP contribution < -0.4 is 0 Å². The van der Waals surface area contributed by atoms with Gasteiger partial charge in [0.25, 0.3) is 0 Å². The van der Waals surface area contributed by atoms with Crippen molar-refractivity contribution in [2.45, 2.75) is 82.3 Å². The van der Waals surface area contributed by atoms with Crippen LogP contribution in [0.15, 0.2) is 0 Å². The lowest BCUT2D eigenvalue weighted by Crippen LogP contribution is -2.50. The van der Waals surface area contributed by atoms with Gasteiger partial charge < -0.3 is 4.74 Å². The fourth-order valence-corrected chi connectivity index (χ4v) is 3.88. The topological polar surface area (TPSA) is 29.5 Å². The first kappa shape index (κ1) is 16.0. The number of Topliss-reactive ketones (excluding diaryl/α,β-unsaturated/α-hetero) is 1. The molecule has 116 valence electrons. The van der Waals surface area contributed by atoms with Gasteiger partial charge in [-0.05, 0) is 52.6 Å². The summed E-state index contributed by atoms with van der Waals surface area (Å²) in [5.74, 6) is 0.474. The highest BCUT2D eigenvalue weighted by Crippen LogP contribution is 2.33. The number of rotatable bonds is 6. The van der Waals surface area contributed by atoms with Crippen LogP contribution in [0.25, 0.3) is 0 Å². The summed E-state index contributed by atoms with van der Waals surface area (Å²) in [5.41, 5.74) is -0.174. The predicted molar refractivity (Wildman–Crippen MR) is 82.0 cm³/mol. The maximum atomic E-state index is 12.8. The van der Waals surface area contributed by atoms with Gasteiger partial charge in [-0.25, -0.2) is 0 Å². The molecular weight excluding hydrogens is 250 g/mol. The van der Waals surface area contributed by atoms with Crippen LogP contribution in [0.2, 0.25) is 0 Å². The normalized spacial score (nSPS) is 26.6. The van der Waals surface area contributed by atoms with Crippen LogP contribution in [0.5, 0.6) is 0 Å². The molecule has 0 aromatic rings. The SMILES string of the molecule is CN(C)C1(C(=O)CCCC2CCCO2)CCCCCC1. The number of hydrogen-bond donors (Lipinski definition) is 0. The molecule has 2 aliphatic rings. The number of carbonyl (C=O) groups is 1. The Labute approximate surface area is 124 Å². The number of nitrogens with zero attached hydrogens (tertiary/aromatic N) is 1. The Hall–Kier alpha value is -0.410. The molecule has 0 bridgehead atoms. The first-order valence-corrected chi connectivity index (χ1v) is 8.47. The molecule has 1 aliphatic heterocycles. The van der Waals surface area contributed by atoms with Gasteiger partial charge >= 0.3 is 0 Å². The summed E-state index contributed by atoms with van der Waals surface area (Å²) in [6.45, 7) is 0.917. The summed E-state index contributed by atoms with van der Waals surface area (Å²) >= 11 is 0. The highest BCUT2D eigenvalue weighted by Gasteiger charge is 2.39. The highest BCUT2D eigenvalue weighted by molar-refractivity contribution is 5.88. The van der Waals surface area contributed by atoms with Gasteiger partial charge in [0, 0.05) is 13.0 Å². The minimum Gasteiger partial charge on any atom is -0.378 e. The molecule has 0 amide bonds. The summed E-state index contributed by atoms with van der Waals surface area (Å²) in [6, 6.07) is 0. The fourth-order valence-electron chi connectivity index (χ4n) is 3.88. The van der Waals surface area contributed by atoms with Gasteiger partial charge in [0.05, 0.1) is 11.6 Å². The maximum absolute atomic E-state index is 12.8. The van der Waals surface area contributed by atoms with Crippen LogP contribution in [-0.4, -0.2) is 43.0 Å². The lowest BCUT2D eigenvalue weighted by Gasteiger charge is -2.38. The Balaban J connectivity index is 1.85. The third-order valence-electron chi connectivity index (χ3n) is 5.26. The highest BCUT2D eigenvalue weighted by atomic mass is 16.5. The van der Waals surface area contributed by atoms with Crippen molar-refractivity contribution in [3.8, 4) is 0 Å². The molecule has 2 fully saturated rings. The molecular formula is C17H31NO2. The van der Waals surface area contributed by atoms with Gasteiger partial charge in [-0.15, -0.1) is 0 Å². The van der Waals surface area contributed by atoms with E-state index in [0.717, 1.165) is 38.7 Å². The van der Waals surface area contributed by atoms with E-state index < -0.39 is 0 Å². The summed E-state index contributed by atoms with van der Waals surface area (Å²) in [7, 11) is 4.17. The molecule has 1 aliphatic carbocycles. The molecule has 0 aromatic heterocycles. The first-order valence-electron chi connectivity index (χ1n) is 8.47. The summed E-state index contributed by atoms with van der Waals surface area (Å²) < 4.78 is 5.65. The fraction of sp³-hybridized carbons (Fsp3) is 0.941. The van der Waals surface area contributed by atoms with Crippen LogP contribution in [0.4, 0.5) is 0 Å². The standard InChI is InChI=1S/C17H31NO2/c1-18(2)17(12-5-3-4-6-13-17)16(19)11-7-9-15-10-8-14-20-15/h15H,3-14H2,1-2H3. The Morgan fingerprint density at radius 2 is 1.85 bits per heavy atom. The molecule has 0 spiro atoms. The van der Waals surface area contributed by atoms with Crippen molar-refractivity contribution in [2.75, 3.05) is 20.7 Å². The van der Waals surface area contributed by atoms with Gasteiger partial charge in [-0.1, -0.05) is 25.7 Å². The molecule has 1 heterocycles. The van der Waals surface area contributed by atoms with E-state index in [0.29, 0.717) is 11.9 Å². The van der Waals surface area contributed by atoms with E-state index >= 15 is 0 Å². The van der Waals surface area contributed by atoms with Crippen LogP contribution in [0.3, 0.4) is 0 Å². The van der Waals surface area contributed by atoms with Crippen molar-refractivity contribution >= 4 is 5.78 Å². The van der Waals surface area contributed by atoms with E-state index in [1.807, 2.05) is 0 Å². The molecule has 1 atom stereocenters. The third kappa shape index (κ3) is 3.82. The minimum atomic E-state index is -0.174. The van der Waals surface area contributed by atoms with Crippen molar-refractivity contribution in [1.82, 2.24) is 4.90 Å². The molecule has 3 heteroatoms. The minimum absolute atomic E-state index is 0.174. The van der Waals surface area contributed by atoms with Gasteiger partial charge in [-0.3, -0.25) is 9.69 Å². The predicted octanol–water partition coefficient (Wildman–Crippen LogP) is 3.56. The maximum Gasteiger partial charge on any atom is 0.153 e. The number of ketones is 1. The Kier molecular flexibility index (Phi) is 6.03. The second-order valence-electron chi connectivity index (χ2n) is 6.79. The number of carbonyl (C=O) groups excluding carboxylic acids is 1. The van der Waals surface area contributed by atoms with E-state index in [-0.39, 0.29) is 5.54 Å². The quantitative estimate of drug-likeness (QED) is 0.697. The zero-order valence-electron chi connectivity index (χ0n) is 13.3. The van der Waals surface area contributed by atoms with E-state index in [4.69, 9.17) is 4.74 Å². The number of hydrogen-bond acceptors (Lipinski definition) is 3. The van der Waals surface area contributed by atoms with Crippen LogP contribution in [0, 0.1) is 0 Å². The van der Waals surface area contributed by atoms with Crippen molar-refractivity contribution in [3.05, 3.63) is 0 Å². The van der Waals surface area contributed by atoms with E-state index in [1.54, 1.807) is 0 Å². The molecule has 0 aromatic carbocycles. The molecule has 1 saturated heterocycles. The first-order chi connectivity index (χ1) is 9.65. The van der Waals surface area contributed by atoms with Gasteiger partial charge in [0.2, 0.25) is 0 Å². The average Bonchev–Trinajstić information content (AvgIpc) is 2.80. The summed E-state index contributed by atoms with van der Waals surface area (Å²) in [5, 5.41) is 0. The monoisotopic (exact) mass is 281 g/mol. The van der Waals surface area contributed by atoms with E-state index in [9.17, 15) is 4.79 Å². The van der Waals surface area contributed by atoms with Crippen molar-refractivity contribution in [1.29, 1.82) is 0 Å². The number of ether oxygens (including phenoxy) is 1. The smallest absolute Gasteiger partial charge is 0.153 e. The molecule has 1 unspecified atom stereocenters. The molecule has 20 heavy (non-hydrogen) atoms. The van der Waals surface area contributed by atoms with Crippen molar-refractivity contribution < 1.29 is 9.53 Å². The Bertz CT molecular complexity index is 300. The van der Waals surface area contributed by atoms with E-state index in [1.165, 1.54) is 38.5 Å². The molecule has 1 saturated carbocycles. The van der Waals surface area contributed by atoms with Crippen LogP contribution in [0.1, 0.15) is 70.6 Å². The summed E-state index contributed by atoms with van der Waals surface area (Å²) in [4.78, 5) is 15.0. The second-order valence-corrected chi connectivity index (χ2v) is 6.79. The second kappa shape index (κ2) is 7.56. The van der Waals surface area contributed by atoms with Crippen LogP contribution >= 0.6 is 0 Å². The van der Waals surface area contributed by atoms with E-state index in [2.05, 4.69) is 19.0 Å². The van der Waals surface area contributed by atoms with Gasteiger partial charge in [-0.2, -0.15) is 0 Å². The Morgan fingerprint density at radius 1 is 1.15 bits per heavy atom. The molecule has 0 radical (unpaired) electrons. The van der Waals surface area contributed by atoms with Crippen molar-refractivity contribution in [2.24, 2.45) is 0 Å². The van der Waals surface area contributed by atoms with Crippen molar-refractivity contribution in [3.63, 3.8) is 0 Å². The molecule has 2 rings (SSSR count). The number of likely N-dealkylation sites (N-methyl/N-ethyl adjacent to an activating group) is 1. The molecule has 3 nitrogen and oxygen atoms in total. The lowest BCUT2D eigenvalue weighted by molar-refractivity contribution is -0.131. The summed E-state index contributed by atoms with van der Waals surface area (Å²) in [6.07, 6.45) is 12.7. The van der Waals surface area contributed by atoms with Crippen LogP contribution in [-0.2, 0) is 9.53 Å². The Morgan fingerprint density at radius 3 is 2.40 bits per heavy atom.